The number of nitrogens with one attached hydrogen (secondary N) is 1. The maximum Gasteiger partial charge on any atom is 0.00599 e. The molecule has 0 amide bonds. The van der Waals surface area contributed by atoms with Crippen molar-refractivity contribution >= 4 is 0 Å². The molecule has 2 nitrogen and oxygen atoms in total. The molecule has 0 radical (unpaired) electrons. The first-order chi connectivity index (χ1) is 6.49. The third-order valence-electron chi connectivity index (χ3n) is 3.69. The van der Waals surface area contributed by atoms with Gasteiger partial charge >= 0.3 is 0 Å². The number of hydrogen-bond donors (Lipinski definition) is 1. The first-order valence-corrected chi connectivity index (χ1v) is 5.92. The van der Waals surface area contributed by atoms with Crippen molar-refractivity contribution in [2.24, 2.45) is 10.8 Å². The molecule has 0 aromatic carbocycles. The zero-order valence-electron chi connectivity index (χ0n) is 9.90. The molecule has 14 heavy (non-hydrogen) atoms. The first kappa shape index (κ1) is 10.4. The van der Waals surface area contributed by atoms with Crippen molar-refractivity contribution in [1.82, 2.24) is 10.2 Å². The van der Waals surface area contributed by atoms with Crippen LogP contribution in [0.15, 0.2) is 0 Å². The van der Waals surface area contributed by atoms with E-state index >= 15 is 0 Å². The van der Waals surface area contributed by atoms with E-state index in [9.17, 15) is 0 Å². The lowest BCUT2D eigenvalue weighted by atomic mass is 9.80. The molecule has 0 bridgehead atoms. The molecule has 0 atom stereocenters. The molecule has 2 aliphatic rings. The highest BCUT2D eigenvalue weighted by Crippen LogP contribution is 2.31. The van der Waals surface area contributed by atoms with Crippen molar-refractivity contribution in [2.45, 2.75) is 33.6 Å². The summed E-state index contributed by atoms with van der Waals surface area (Å²) in [6.45, 7) is 13.5. The van der Waals surface area contributed by atoms with Crippen LogP contribution < -0.4 is 5.32 Å². The molecule has 82 valence electrons. The van der Waals surface area contributed by atoms with E-state index in [1.54, 1.807) is 0 Å². The molecule has 1 N–H and O–H groups in total. The van der Waals surface area contributed by atoms with Crippen LogP contribution in [0.25, 0.3) is 0 Å². The van der Waals surface area contributed by atoms with Crippen LogP contribution in [0.1, 0.15) is 33.6 Å². The number of nitrogens with zero attached hydrogens (tertiary/aromatic N) is 1. The molecular weight excluding hydrogens is 172 g/mol. The Hall–Kier alpha value is -0.0800. The summed E-state index contributed by atoms with van der Waals surface area (Å²) in [7, 11) is 0. The van der Waals surface area contributed by atoms with Crippen molar-refractivity contribution in [1.29, 1.82) is 0 Å². The molecule has 0 aliphatic carbocycles. The van der Waals surface area contributed by atoms with Gasteiger partial charge in [0.2, 0.25) is 0 Å². The van der Waals surface area contributed by atoms with Crippen LogP contribution in [0.4, 0.5) is 0 Å². The molecule has 0 unspecified atom stereocenters. The van der Waals surface area contributed by atoms with Gasteiger partial charge in [0.25, 0.3) is 0 Å². The topological polar surface area (TPSA) is 15.3 Å². The number of hydrogen-bond acceptors (Lipinski definition) is 2. The lowest BCUT2D eigenvalue weighted by molar-refractivity contribution is 0.0514. The SMILES string of the molecule is CC1(C)CCCN(CC2(C)CNC2)C1. The van der Waals surface area contributed by atoms with E-state index in [0.717, 1.165) is 0 Å². The summed E-state index contributed by atoms with van der Waals surface area (Å²) in [5.74, 6) is 0. The van der Waals surface area contributed by atoms with Gasteiger partial charge in [0, 0.05) is 31.6 Å². The molecule has 0 aromatic rings. The third kappa shape index (κ3) is 2.29. The molecule has 0 saturated carbocycles. The maximum absolute atomic E-state index is 3.39. The normalized spacial score (nSPS) is 31.1. The third-order valence-corrected chi connectivity index (χ3v) is 3.69. The summed E-state index contributed by atoms with van der Waals surface area (Å²) in [4.78, 5) is 2.67. The predicted octanol–water partition coefficient (Wildman–Crippen LogP) is 1.72. The summed E-state index contributed by atoms with van der Waals surface area (Å²) in [5.41, 5.74) is 1.11. The van der Waals surface area contributed by atoms with Gasteiger partial charge in [-0.3, -0.25) is 0 Å². The minimum Gasteiger partial charge on any atom is -0.315 e. The van der Waals surface area contributed by atoms with Crippen molar-refractivity contribution < 1.29 is 0 Å². The van der Waals surface area contributed by atoms with E-state index in [2.05, 4.69) is 31.0 Å². The quantitative estimate of drug-likeness (QED) is 0.723. The fraction of sp³-hybridized carbons (Fsp3) is 1.00. The van der Waals surface area contributed by atoms with Gasteiger partial charge in [-0.1, -0.05) is 20.8 Å². The standard InChI is InChI=1S/C12H24N2/c1-11(2)5-4-6-14(9-11)10-12(3)7-13-8-12/h13H,4-10H2,1-3H3. The minimum atomic E-state index is 0.547. The molecule has 2 saturated heterocycles. The van der Waals surface area contributed by atoms with Crippen LogP contribution in [0.5, 0.6) is 0 Å². The van der Waals surface area contributed by atoms with Gasteiger partial charge in [-0.2, -0.15) is 0 Å². The highest BCUT2D eigenvalue weighted by molar-refractivity contribution is 4.92. The van der Waals surface area contributed by atoms with Crippen LogP contribution in [-0.4, -0.2) is 37.6 Å². The number of likely N-dealkylation sites (tertiary alicyclic amines) is 1. The van der Waals surface area contributed by atoms with Crippen LogP contribution in [0.3, 0.4) is 0 Å². The maximum atomic E-state index is 3.39. The highest BCUT2D eigenvalue weighted by Gasteiger charge is 2.36. The van der Waals surface area contributed by atoms with Gasteiger partial charge < -0.3 is 10.2 Å². The molecule has 0 spiro atoms. The summed E-state index contributed by atoms with van der Waals surface area (Å²) in [6, 6.07) is 0. The zero-order chi connectivity index (χ0) is 10.2. The fourth-order valence-electron chi connectivity index (χ4n) is 2.88. The zero-order valence-corrected chi connectivity index (χ0v) is 9.90. The van der Waals surface area contributed by atoms with Gasteiger partial charge in [0.1, 0.15) is 0 Å². The largest absolute Gasteiger partial charge is 0.315 e. The van der Waals surface area contributed by atoms with Crippen LogP contribution >= 0.6 is 0 Å². The predicted molar refractivity (Wildman–Crippen MR) is 60.4 cm³/mol. The molecular formula is C12H24N2. The van der Waals surface area contributed by atoms with Crippen molar-refractivity contribution in [3.8, 4) is 0 Å². The van der Waals surface area contributed by atoms with E-state index in [0.29, 0.717) is 10.8 Å². The van der Waals surface area contributed by atoms with Gasteiger partial charge in [0.05, 0.1) is 0 Å². The minimum absolute atomic E-state index is 0.547. The lowest BCUT2D eigenvalue weighted by Crippen LogP contribution is -2.58. The van der Waals surface area contributed by atoms with Crippen molar-refractivity contribution in [2.75, 3.05) is 32.7 Å². The number of rotatable bonds is 2. The van der Waals surface area contributed by atoms with E-state index in [4.69, 9.17) is 0 Å². The summed E-state index contributed by atoms with van der Waals surface area (Å²) in [6.07, 6.45) is 2.79. The van der Waals surface area contributed by atoms with E-state index in [-0.39, 0.29) is 0 Å². The van der Waals surface area contributed by atoms with Crippen molar-refractivity contribution in [3.05, 3.63) is 0 Å². The average Bonchev–Trinajstić information content (AvgIpc) is 1.99. The average molecular weight is 196 g/mol. The molecule has 2 fully saturated rings. The second-order valence-electron chi connectivity index (χ2n) is 6.39. The van der Waals surface area contributed by atoms with E-state index in [1.165, 1.54) is 45.6 Å². The van der Waals surface area contributed by atoms with E-state index in [1.807, 2.05) is 0 Å². The molecule has 2 aliphatic heterocycles. The van der Waals surface area contributed by atoms with Crippen LogP contribution in [0, 0.1) is 10.8 Å². The van der Waals surface area contributed by atoms with Crippen LogP contribution in [-0.2, 0) is 0 Å². The Morgan fingerprint density at radius 3 is 2.43 bits per heavy atom. The van der Waals surface area contributed by atoms with Gasteiger partial charge in [-0.15, -0.1) is 0 Å². The van der Waals surface area contributed by atoms with Gasteiger partial charge in [-0.25, -0.2) is 0 Å². The number of piperidine rings is 1. The molecule has 2 heteroatoms. The van der Waals surface area contributed by atoms with Crippen LogP contribution in [0.2, 0.25) is 0 Å². The fourth-order valence-corrected chi connectivity index (χ4v) is 2.88. The summed E-state index contributed by atoms with van der Waals surface area (Å²) in [5, 5.41) is 3.39. The molecule has 2 heterocycles. The second-order valence-corrected chi connectivity index (χ2v) is 6.39. The van der Waals surface area contributed by atoms with Gasteiger partial charge in [0.15, 0.2) is 0 Å². The molecule has 2 rings (SSSR count). The smallest absolute Gasteiger partial charge is 0.00599 e. The van der Waals surface area contributed by atoms with Crippen molar-refractivity contribution in [3.63, 3.8) is 0 Å². The lowest BCUT2D eigenvalue weighted by Gasteiger charge is -2.46. The summed E-state index contributed by atoms with van der Waals surface area (Å²) < 4.78 is 0. The second kappa shape index (κ2) is 3.49. The monoisotopic (exact) mass is 196 g/mol. The summed E-state index contributed by atoms with van der Waals surface area (Å²) >= 11 is 0. The Morgan fingerprint density at radius 2 is 1.93 bits per heavy atom. The Bertz CT molecular complexity index is 206. The van der Waals surface area contributed by atoms with Gasteiger partial charge in [-0.05, 0) is 24.8 Å². The van der Waals surface area contributed by atoms with E-state index < -0.39 is 0 Å². The Kier molecular flexibility index (Phi) is 2.61. The Labute approximate surface area is 88.1 Å². The highest BCUT2D eigenvalue weighted by atomic mass is 15.2. The Morgan fingerprint density at radius 1 is 1.21 bits per heavy atom. The Balaban J connectivity index is 1.86. The molecule has 0 aromatic heterocycles. The first-order valence-electron chi connectivity index (χ1n) is 5.92.